The number of carbonyl (C=O) groups excluding carboxylic acids is 2. The molecule has 2 aliphatic rings. The van der Waals surface area contributed by atoms with E-state index in [1.54, 1.807) is 17.0 Å². The van der Waals surface area contributed by atoms with Crippen LogP contribution in [0.25, 0.3) is 0 Å². The van der Waals surface area contributed by atoms with Crippen molar-refractivity contribution in [1.82, 2.24) is 15.5 Å². The minimum atomic E-state index is -0.607. The zero-order chi connectivity index (χ0) is 18.8. The molecule has 0 spiro atoms. The first-order valence-corrected chi connectivity index (χ1v) is 9.21. The number of nitrogens with zero attached hydrogens (tertiary/aromatic N) is 1. The lowest BCUT2D eigenvalue weighted by Gasteiger charge is -2.35. The van der Waals surface area contributed by atoms with Crippen molar-refractivity contribution < 1.29 is 19.1 Å². The third-order valence-corrected chi connectivity index (χ3v) is 5.39. The summed E-state index contributed by atoms with van der Waals surface area (Å²) in [5.41, 5.74) is 2.11. The van der Waals surface area contributed by atoms with E-state index in [1.807, 2.05) is 24.3 Å². The van der Waals surface area contributed by atoms with Crippen molar-refractivity contribution in [2.45, 2.75) is 25.1 Å². The van der Waals surface area contributed by atoms with Gasteiger partial charge in [-0.1, -0.05) is 24.3 Å². The number of nitrogens with one attached hydrogen (secondary N) is 2. The van der Waals surface area contributed by atoms with Gasteiger partial charge in [0, 0.05) is 38.5 Å². The lowest BCUT2D eigenvalue weighted by Crippen LogP contribution is -2.53. The van der Waals surface area contributed by atoms with Crippen molar-refractivity contribution in [3.8, 4) is 0 Å². The Bertz CT molecular complexity index is 820. The Hall–Kier alpha value is -2.64. The van der Waals surface area contributed by atoms with Crippen molar-refractivity contribution in [1.29, 1.82) is 0 Å². The van der Waals surface area contributed by atoms with Crippen molar-refractivity contribution in [2.75, 3.05) is 19.6 Å². The summed E-state index contributed by atoms with van der Waals surface area (Å²) in [5.74, 6) is -0.289. The summed E-state index contributed by atoms with van der Waals surface area (Å²) in [7, 11) is 0. The molecule has 0 saturated carbocycles. The largest absolute Gasteiger partial charge is 0.459 e. The number of β-amino-alcohol motifs (C(OH)–C–C–N with tert-alkyl or cyclic N) is 1. The first-order valence-electron chi connectivity index (χ1n) is 9.21. The quantitative estimate of drug-likeness (QED) is 0.731. The number of furan rings is 1. The van der Waals surface area contributed by atoms with Gasteiger partial charge in [0.2, 0.25) is 5.91 Å². The lowest BCUT2D eigenvalue weighted by molar-refractivity contribution is -0.126. The highest BCUT2D eigenvalue weighted by Crippen LogP contribution is 2.25. The van der Waals surface area contributed by atoms with E-state index in [0.29, 0.717) is 32.6 Å². The fraction of sp³-hybridized carbons (Fsp3) is 0.400. The molecule has 142 valence electrons. The predicted octanol–water partition coefficient (Wildman–Crippen LogP) is 0.543. The van der Waals surface area contributed by atoms with E-state index in [0.717, 1.165) is 11.1 Å². The number of hydrogen-bond donors (Lipinski definition) is 3. The van der Waals surface area contributed by atoms with Crippen molar-refractivity contribution in [2.24, 2.45) is 5.92 Å². The van der Waals surface area contributed by atoms with Crippen LogP contribution < -0.4 is 10.6 Å². The smallest absolute Gasteiger partial charge is 0.290 e. The summed E-state index contributed by atoms with van der Waals surface area (Å²) in [6.07, 6.45) is 1.45. The Kier molecular flexibility index (Phi) is 4.96. The maximum atomic E-state index is 12.9. The van der Waals surface area contributed by atoms with Crippen LogP contribution in [0.3, 0.4) is 0 Å². The SMILES string of the molecule is O=C(NCC1CNCC1O)C1Cc2ccccc2CN1C(=O)c1ccco1. The molecule has 0 radical (unpaired) electrons. The molecule has 1 aromatic heterocycles. The van der Waals surface area contributed by atoms with E-state index in [1.165, 1.54) is 6.26 Å². The van der Waals surface area contributed by atoms with Gasteiger partial charge < -0.3 is 25.1 Å². The molecular weight excluding hydrogens is 346 g/mol. The number of amides is 2. The number of aliphatic hydroxyl groups excluding tert-OH is 1. The van der Waals surface area contributed by atoms with Crippen molar-refractivity contribution >= 4 is 11.8 Å². The number of carbonyl (C=O) groups is 2. The third kappa shape index (κ3) is 3.61. The second kappa shape index (κ2) is 7.54. The van der Waals surface area contributed by atoms with Gasteiger partial charge in [-0.25, -0.2) is 0 Å². The summed E-state index contributed by atoms with van der Waals surface area (Å²) < 4.78 is 5.26. The summed E-state index contributed by atoms with van der Waals surface area (Å²) in [5, 5.41) is 15.9. The first-order chi connectivity index (χ1) is 13.1. The van der Waals surface area contributed by atoms with Gasteiger partial charge in [0.05, 0.1) is 12.4 Å². The summed E-state index contributed by atoms with van der Waals surface area (Å²) in [6, 6.07) is 10.5. The van der Waals surface area contributed by atoms with E-state index in [9.17, 15) is 14.7 Å². The molecule has 2 aromatic rings. The van der Waals surface area contributed by atoms with Crippen molar-refractivity contribution in [3.63, 3.8) is 0 Å². The number of benzene rings is 1. The van der Waals surface area contributed by atoms with Crippen LogP contribution >= 0.6 is 0 Å². The molecule has 7 heteroatoms. The van der Waals surface area contributed by atoms with E-state index in [4.69, 9.17) is 4.42 Å². The Morgan fingerprint density at radius 2 is 2.00 bits per heavy atom. The zero-order valence-corrected chi connectivity index (χ0v) is 14.9. The minimum Gasteiger partial charge on any atom is -0.459 e. The molecule has 7 nitrogen and oxygen atoms in total. The van der Waals surface area contributed by atoms with Gasteiger partial charge in [-0.05, 0) is 23.3 Å². The normalized spacial score (nSPS) is 24.5. The topological polar surface area (TPSA) is 94.8 Å². The van der Waals surface area contributed by atoms with Crippen LogP contribution in [0.15, 0.2) is 47.1 Å². The van der Waals surface area contributed by atoms with Crippen LogP contribution in [0.2, 0.25) is 0 Å². The standard InChI is InChI=1S/C20H23N3O4/c24-17-11-21-9-15(17)10-22-19(25)16-8-13-4-1-2-5-14(13)12-23(16)20(26)18-6-3-7-27-18/h1-7,15-17,21,24H,8-12H2,(H,22,25). The summed E-state index contributed by atoms with van der Waals surface area (Å²) >= 11 is 0. The third-order valence-electron chi connectivity index (χ3n) is 5.39. The lowest BCUT2D eigenvalue weighted by atomic mass is 9.93. The fourth-order valence-electron chi connectivity index (χ4n) is 3.79. The number of rotatable bonds is 4. The molecule has 27 heavy (non-hydrogen) atoms. The molecule has 3 N–H and O–H groups in total. The van der Waals surface area contributed by atoms with Crippen molar-refractivity contribution in [3.05, 3.63) is 59.5 Å². The fourth-order valence-corrected chi connectivity index (χ4v) is 3.79. The molecule has 2 amide bonds. The Morgan fingerprint density at radius 3 is 2.70 bits per heavy atom. The molecule has 0 aliphatic carbocycles. The molecule has 3 heterocycles. The van der Waals surface area contributed by atoms with Crippen LogP contribution in [-0.4, -0.2) is 53.6 Å². The minimum absolute atomic E-state index is 0.0148. The van der Waals surface area contributed by atoms with Gasteiger partial charge in [0.1, 0.15) is 6.04 Å². The van der Waals surface area contributed by atoms with Gasteiger partial charge >= 0.3 is 0 Å². The van der Waals surface area contributed by atoms with E-state index in [-0.39, 0.29) is 23.5 Å². The van der Waals surface area contributed by atoms with Gasteiger partial charge in [-0.2, -0.15) is 0 Å². The number of fused-ring (bicyclic) bond motifs is 1. The van der Waals surface area contributed by atoms with Crippen LogP contribution in [0.5, 0.6) is 0 Å². The highest BCUT2D eigenvalue weighted by molar-refractivity contribution is 5.96. The van der Waals surface area contributed by atoms with Gasteiger partial charge in [-0.15, -0.1) is 0 Å². The van der Waals surface area contributed by atoms with Gasteiger partial charge in [0.15, 0.2) is 5.76 Å². The monoisotopic (exact) mass is 369 g/mol. The average Bonchev–Trinajstić information content (AvgIpc) is 3.36. The number of aliphatic hydroxyl groups is 1. The highest BCUT2D eigenvalue weighted by Gasteiger charge is 2.36. The molecule has 1 saturated heterocycles. The van der Waals surface area contributed by atoms with E-state index in [2.05, 4.69) is 10.6 Å². The van der Waals surface area contributed by atoms with Gasteiger partial charge in [0.25, 0.3) is 5.91 Å². The second-order valence-corrected chi connectivity index (χ2v) is 7.13. The van der Waals surface area contributed by atoms with Crippen LogP contribution in [0.4, 0.5) is 0 Å². The summed E-state index contributed by atoms with van der Waals surface area (Å²) in [6.45, 7) is 1.96. The average molecular weight is 369 g/mol. The maximum absolute atomic E-state index is 12.9. The maximum Gasteiger partial charge on any atom is 0.290 e. The van der Waals surface area contributed by atoms with E-state index >= 15 is 0 Å². The molecule has 3 atom stereocenters. The highest BCUT2D eigenvalue weighted by atomic mass is 16.3. The first kappa shape index (κ1) is 17.8. The molecule has 4 rings (SSSR count). The second-order valence-electron chi connectivity index (χ2n) is 7.13. The zero-order valence-electron chi connectivity index (χ0n) is 14.9. The van der Waals surface area contributed by atoms with Crippen LogP contribution in [-0.2, 0) is 17.8 Å². The van der Waals surface area contributed by atoms with Crippen LogP contribution in [0.1, 0.15) is 21.7 Å². The molecular formula is C20H23N3O4. The van der Waals surface area contributed by atoms with Crippen LogP contribution in [0, 0.1) is 5.92 Å². The summed E-state index contributed by atoms with van der Waals surface area (Å²) in [4.78, 5) is 27.4. The molecule has 3 unspecified atom stereocenters. The molecule has 2 aliphatic heterocycles. The molecule has 0 bridgehead atoms. The Balaban J connectivity index is 1.53. The molecule has 1 aromatic carbocycles. The van der Waals surface area contributed by atoms with Gasteiger partial charge in [-0.3, -0.25) is 9.59 Å². The number of hydrogen-bond acceptors (Lipinski definition) is 5. The molecule has 1 fully saturated rings. The Morgan fingerprint density at radius 1 is 1.19 bits per heavy atom. The van der Waals surface area contributed by atoms with E-state index < -0.39 is 12.1 Å². The predicted molar refractivity (Wildman–Crippen MR) is 97.9 cm³/mol. The Labute approximate surface area is 157 Å².